The second kappa shape index (κ2) is 6.41. The first-order chi connectivity index (χ1) is 6.40. The first-order valence-electron chi connectivity index (χ1n) is 5.85. The van der Waals surface area contributed by atoms with Crippen LogP contribution >= 0.6 is 0 Å². The Bertz CT molecular complexity index is 141. The van der Waals surface area contributed by atoms with Crippen LogP contribution in [0.15, 0.2) is 0 Å². The summed E-state index contributed by atoms with van der Waals surface area (Å²) in [5, 5.41) is 0. The average Bonchev–Trinajstić information content (AvgIpc) is 2.02. The van der Waals surface area contributed by atoms with E-state index in [1.807, 2.05) is 0 Å². The minimum atomic E-state index is 0.525. The first-order valence-corrected chi connectivity index (χ1v) is 5.85. The highest BCUT2D eigenvalue weighted by atomic mass is 15.2. The summed E-state index contributed by atoms with van der Waals surface area (Å²) in [6.45, 7) is 15.5. The van der Waals surface area contributed by atoms with Crippen LogP contribution in [0, 0.1) is 11.8 Å². The van der Waals surface area contributed by atoms with Crippen LogP contribution in [0.4, 0.5) is 0 Å². The molecule has 0 rings (SSSR count). The Balaban J connectivity index is 4.44. The van der Waals surface area contributed by atoms with Crippen molar-refractivity contribution in [2.45, 2.75) is 53.6 Å². The summed E-state index contributed by atoms with van der Waals surface area (Å²) < 4.78 is 0. The van der Waals surface area contributed by atoms with Crippen molar-refractivity contribution in [1.82, 2.24) is 4.90 Å². The molecule has 2 nitrogen and oxygen atoms in total. The van der Waals surface area contributed by atoms with Gasteiger partial charge >= 0.3 is 0 Å². The van der Waals surface area contributed by atoms with Gasteiger partial charge < -0.3 is 5.73 Å². The van der Waals surface area contributed by atoms with Crippen LogP contribution in [0.2, 0.25) is 0 Å². The zero-order valence-electron chi connectivity index (χ0n) is 10.7. The van der Waals surface area contributed by atoms with E-state index in [-0.39, 0.29) is 0 Å². The molecule has 0 saturated carbocycles. The molecule has 0 radical (unpaired) electrons. The van der Waals surface area contributed by atoms with Crippen molar-refractivity contribution in [3.63, 3.8) is 0 Å². The fourth-order valence-electron chi connectivity index (χ4n) is 1.94. The second-order valence-electron chi connectivity index (χ2n) is 5.23. The van der Waals surface area contributed by atoms with Gasteiger partial charge in [-0.3, -0.25) is 4.90 Å². The third-order valence-corrected chi connectivity index (χ3v) is 2.68. The van der Waals surface area contributed by atoms with E-state index >= 15 is 0 Å². The molecule has 0 fully saturated rings. The topological polar surface area (TPSA) is 29.3 Å². The molecule has 0 bridgehead atoms. The molecular weight excluding hydrogens is 172 g/mol. The molecule has 1 atom stereocenters. The molecule has 14 heavy (non-hydrogen) atoms. The SMILES string of the molecule is CC(C)CN(C(C)C)C(CN)C(C)C. The van der Waals surface area contributed by atoms with Gasteiger partial charge in [-0.15, -0.1) is 0 Å². The van der Waals surface area contributed by atoms with Gasteiger partial charge in [-0.2, -0.15) is 0 Å². The number of hydrogen-bond donors (Lipinski definition) is 1. The van der Waals surface area contributed by atoms with Gasteiger partial charge in [0.25, 0.3) is 0 Å². The number of rotatable bonds is 6. The van der Waals surface area contributed by atoms with E-state index < -0.39 is 0 Å². The molecule has 0 heterocycles. The zero-order chi connectivity index (χ0) is 11.3. The van der Waals surface area contributed by atoms with Crippen LogP contribution < -0.4 is 5.73 Å². The fraction of sp³-hybridized carbons (Fsp3) is 1.00. The molecule has 0 saturated heterocycles. The van der Waals surface area contributed by atoms with Crippen molar-refractivity contribution in [2.75, 3.05) is 13.1 Å². The molecule has 0 aliphatic rings. The zero-order valence-corrected chi connectivity index (χ0v) is 10.7. The lowest BCUT2D eigenvalue weighted by Gasteiger charge is -2.37. The lowest BCUT2D eigenvalue weighted by Crippen LogP contribution is -2.49. The number of nitrogens with two attached hydrogens (primary N) is 1. The summed E-state index contributed by atoms with van der Waals surface area (Å²) in [5.74, 6) is 1.35. The Morgan fingerprint density at radius 1 is 1.00 bits per heavy atom. The molecule has 0 aromatic carbocycles. The minimum absolute atomic E-state index is 0.525. The van der Waals surface area contributed by atoms with Gasteiger partial charge in [-0.25, -0.2) is 0 Å². The average molecular weight is 200 g/mol. The summed E-state index contributed by atoms with van der Waals surface area (Å²) in [5.41, 5.74) is 5.85. The normalized spacial score (nSPS) is 14.8. The molecule has 0 aromatic rings. The lowest BCUT2D eigenvalue weighted by atomic mass is 9.99. The molecule has 0 aliphatic heterocycles. The maximum Gasteiger partial charge on any atom is 0.0244 e. The fourth-order valence-corrected chi connectivity index (χ4v) is 1.94. The van der Waals surface area contributed by atoms with Crippen molar-refractivity contribution in [2.24, 2.45) is 17.6 Å². The minimum Gasteiger partial charge on any atom is -0.329 e. The quantitative estimate of drug-likeness (QED) is 0.713. The van der Waals surface area contributed by atoms with E-state index in [1.165, 1.54) is 0 Å². The second-order valence-corrected chi connectivity index (χ2v) is 5.23. The number of nitrogens with zero attached hydrogens (tertiary/aromatic N) is 1. The van der Waals surface area contributed by atoms with E-state index in [0.29, 0.717) is 23.9 Å². The van der Waals surface area contributed by atoms with Crippen molar-refractivity contribution in [1.29, 1.82) is 0 Å². The van der Waals surface area contributed by atoms with Gasteiger partial charge in [0.1, 0.15) is 0 Å². The van der Waals surface area contributed by atoms with Crippen molar-refractivity contribution < 1.29 is 0 Å². The van der Waals surface area contributed by atoms with Crippen LogP contribution in [-0.4, -0.2) is 30.1 Å². The van der Waals surface area contributed by atoms with E-state index in [9.17, 15) is 0 Å². The first kappa shape index (κ1) is 13.9. The van der Waals surface area contributed by atoms with Gasteiger partial charge in [0.15, 0.2) is 0 Å². The molecular formula is C12H28N2. The molecule has 2 heteroatoms. The predicted molar refractivity (Wildman–Crippen MR) is 64.4 cm³/mol. The molecule has 2 N–H and O–H groups in total. The maximum absolute atomic E-state index is 5.85. The third-order valence-electron chi connectivity index (χ3n) is 2.68. The maximum atomic E-state index is 5.85. The van der Waals surface area contributed by atoms with Crippen molar-refractivity contribution in [3.05, 3.63) is 0 Å². The van der Waals surface area contributed by atoms with Crippen molar-refractivity contribution in [3.8, 4) is 0 Å². The highest BCUT2D eigenvalue weighted by molar-refractivity contribution is 4.78. The Hall–Kier alpha value is -0.0800. The molecule has 0 aromatic heterocycles. The van der Waals surface area contributed by atoms with E-state index in [1.54, 1.807) is 0 Å². The monoisotopic (exact) mass is 200 g/mol. The Labute approximate surface area is 89.9 Å². The van der Waals surface area contributed by atoms with Crippen LogP contribution in [-0.2, 0) is 0 Å². The van der Waals surface area contributed by atoms with Crippen LogP contribution in [0.25, 0.3) is 0 Å². The van der Waals surface area contributed by atoms with Crippen LogP contribution in [0.5, 0.6) is 0 Å². The van der Waals surface area contributed by atoms with Gasteiger partial charge in [0.2, 0.25) is 0 Å². The standard InChI is InChI=1S/C12H28N2/c1-9(2)8-14(11(5)6)12(7-13)10(3)4/h9-12H,7-8,13H2,1-6H3. The molecule has 0 aliphatic carbocycles. The molecule has 1 unspecified atom stereocenters. The highest BCUT2D eigenvalue weighted by Crippen LogP contribution is 2.15. The van der Waals surface area contributed by atoms with Crippen LogP contribution in [0.1, 0.15) is 41.5 Å². The molecule has 86 valence electrons. The summed E-state index contributed by atoms with van der Waals surface area (Å²) in [6, 6.07) is 1.12. The third kappa shape index (κ3) is 4.43. The van der Waals surface area contributed by atoms with Crippen LogP contribution in [0.3, 0.4) is 0 Å². The Kier molecular flexibility index (Phi) is 6.38. The van der Waals surface area contributed by atoms with E-state index in [4.69, 9.17) is 5.73 Å². The molecule has 0 spiro atoms. The summed E-state index contributed by atoms with van der Waals surface area (Å²) >= 11 is 0. The highest BCUT2D eigenvalue weighted by Gasteiger charge is 2.23. The van der Waals surface area contributed by atoms with E-state index in [2.05, 4.69) is 46.4 Å². The molecule has 0 amide bonds. The summed E-state index contributed by atoms with van der Waals surface area (Å²) in [6.07, 6.45) is 0. The van der Waals surface area contributed by atoms with E-state index in [0.717, 1.165) is 13.1 Å². The van der Waals surface area contributed by atoms with Crippen molar-refractivity contribution >= 4 is 0 Å². The lowest BCUT2D eigenvalue weighted by molar-refractivity contribution is 0.108. The van der Waals surface area contributed by atoms with Gasteiger partial charge in [-0.1, -0.05) is 27.7 Å². The predicted octanol–water partition coefficient (Wildman–Crippen LogP) is 2.34. The Morgan fingerprint density at radius 2 is 1.50 bits per heavy atom. The largest absolute Gasteiger partial charge is 0.329 e. The number of hydrogen-bond acceptors (Lipinski definition) is 2. The smallest absolute Gasteiger partial charge is 0.0244 e. The summed E-state index contributed by atoms with van der Waals surface area (Å²) in [4.78, 5) is 2.54. The Morgan fingerprint density at radius 3 is 1.71 bits per heavy atom. The van der Waals surface area contributed by atoms with Gasteiger partial charge in [0, 0.05) is 25.2 Å². The van der Waals surface area contributed by atoms with Gasteiger partial charge in [-0.05, 0) is 25.7 Å². The summed E-state index contributed by atoms with van der Waals surface area (Å²) in [7, 11) is 0. The van der Waals surface area contributed by atoms with Gasteiger partial charge in [0.05, 0.1) is 0 Å².